The number of ether oxygens (including phenoxy) is 1. The monoisotopic (exact) mass is 353 g/mol. The lowest BCUT2D eigenvalue weighted by Crippen LogP contribution is -2.37. The van der Waals surface area contributed by atoms with Crippen LogP contribution < -0.4 is 10.2 Å². The molecule has 0 aliphatic carbocycles. The first-order chi connectivity index (χ1) is 12.7. The van der Waals surface area contributed by atoms with Crippen LogP contribution in [0.1, 0.15) is 18.0 Å². The molecule has 0 amide bonds. The van der Waals surface area contributed by atoms with Crippen LogP contribution in [0.25, 0.3) is 10.9 Å². The van der Waals surface area contributed by atoms with Crippen LogP contribution >= 0.6 is 0 Å². The highest BCUT2D eigenvalue weighted by Gasteiger charge is 2.25. The van der Waals surface area contributed by atoms with Crippen molar-refractivity contribution in [2.45, 2.75) is 18.5 Å². The van der Waals surface area contributed by atoms with Gasteiger partial charge in [-0.2, -0.15) is 0 Å². The summed E-state index contributed by atoms with van der Waals surface area (Å²) in [5.74, 6) is -0.192. The van der Waals surface area contributed by atoms with E-state index in [1.165, 1.54) is 23.1 Å². The third kappa shape index (κ3) is 3.59. The second-order valence-electron chi connectivity index (χ2n) is 6.91. The first kappa shape index (κ1) is 17.1. The average Bonchev–Trinajstić information content (AvgIpc) is 3.30. The Morgan fingerprint density at radius 3 is 2.88 bits per heavy atom. The van der Waals surface area contributed by atoms with Gasteiger partial charge in [-0.1, -0.05) is 6.07 Å². The van der Waals surface area contributed by atoms with Crippen LogP contribution in [-0.2, 0) is 4.74 Å². The molecule has 136 valence electrons. The summed E-state index contributed by atoms with van der Waals surface area (Å²) in [6.07, 6.45) is 3.02. The molecule has 0 bridgehead atoms. The Morgan fingerprint density at radius 2 is 2.08 bits per heavy atom. The highest BCUT2D eigenvalue weighted by Crippen LogP contribution is 2.24. The number of rotatable bonds is 6. The van der Waals surface area contributed by atoms with Gasteiger partial charge in [0.1, 0.15) is 5.82 Å². The zero-order chi connectivity index (χ0) is 17.9. The van der Waals surface area contributed by atoms with E-state index < -0.39 is 0 Å². The maximum atomic E-state index is 13.1. The van der Waals surface area contributed by atoms with Gasteiger partial charge in [-0.25, -0.2) is 4.39 Å². The topological polar surface area (TPSA) is 40.3 Å². The SMILES string of the molecule is COCC(NC1CCN(c2ccc(F)cc2)C1)c1ccc2[nH]ccc2c1. The van der Waals surface area contributed by atoms with E-state index in [1.54, 1.807) is 7.11 Å². The fourth-order valence-corrected chi connectivity index (χ4v) is 3.76. The van der Waals surface area contributed by atoms with Gasteiger partial charge in [0, 0.05) is 43.6 Å². The molecule has 1 fully saturated rings. The second kappa shape index (κ2) is 7.48. The standard InChI is InChI=1S/C21H24FN3O/c1-26-14-21(15-2-7-20-16(12-15)8-10-23-20)24-18-9-11-25(13-18)19-5-3-17(22)4-6-19/h2-8,10,12,18,21,23-24H,9,11,13-14H2,1H3. The first-order valence-corrected chi connectivity index (χ1v) is 9.05. The minimum absolute atomic E-state index is 0.150. The number of hydrogen-bond acceptors (Lipinski definition) is 3. The summed E-state index contributed by atoms with van der Waals surface area (Å²) in [5, 5.41) is 4.96. The van der Waals surface area contributed by atoms with E-state index in [2.05, 4.69) is 39.5 Å². The molecule has 2 aromatic carbocycles. The largest absolute Gasteiger partial charge is 0.383 e. The number of nitrogens with one attached hydrogen (secondary N) is 2. The Kier molecular flexibility index (Phi) is 4.91. The number of H-pyrrole nitrogens is 1. The molecule has 4 nitrogen and oxygen atoms in total. The Hall–Kier alpha value is -2.37. The van der Waals surface area contributed by atoms with E-state index in [4.69, 9.17) is 4.74 Å². The Morgan fingerprint density at radius 1 is 1.23 bits per heavy atom. The number of fused-ring (bicyclic) bond motifs is 1. The van der Waals surface area contributed by atoms with Gasteiger partial charge in [0.2, 0.25) is 0 Å². The van der Waals surface area contributed by atoms with Crippen molar-refractivity contribution in [3.63, 3.8) is 0 Å². The number of hydrogen-bond donors (Lipinski definition) is 2. The van der Waals surface area contributed by atoms with E-state index >= 15 is 0 Å². The lowest BCUT2D eigenvalue weighted by atomic mass is 10.0. The molecule has 3 aromatic rings. The lowest BCUT2D eigenvalue weighted by molar-refractivity contribution is 0.162. The predicted octanol–water partition coefficient (Wildman–Crippen LogP) is 3.86. The van der Waals surface area contributed by atoms with Gasteiger partial charge >= 0.3 is 0 Å². The molecule has 26 heavy (non-hydrogen) atoms. The van der Waals surface area contributed by atoms with Crippen LogP contribution in [0, 0.1) is 5.82 Å². The van der Waals surface area contributed by atoms with E-state index in [0.717, 1.165) is 30.7 Å². The van der Waals surface area contributed by atoms with Gasteiger partial charge in [-0.05, 0) is 59.8 Å². The summed E-state index contributed by atoms with van der Waals surface area (Å²) in [6, 6.07) is 15.9. The molecule has 1 aromatic heterocycles. The smallest absolute Gasteiger partial charge is 0.123 e. The minimum Gasteiger partial charge on any atom is -0.383 e. The number of benzene rings is 2. The van der Waals surface area contributed by atoms with Crippen molar-refractivity contribution in [3.8, 4) is 0 Å². The fourth-order valence-electron chi connectivity index (χ4n) is 3.76. The van der Waals surface area contributed by atoms with Gasteiger partial charge in [0.25, 0.3) is 0 Å². The number of methoxy groups -OCH3 is 1. The van der Waals surface area contributed by atoms with Crippen molar-refractivity contribution < 1.29 is 9.13 Å². The summed E-state index contributed by atoms with van der Waals surface area (Å²) in [7, 11) is 1.74. The molecule has 2 N–H and O–H groups in total. The van der Waals surface area contributed by atoms with Crippen molar-refractivity contribution >= 4 is 16.6 Å². The molecule has 0 saturated carbocycles. The number of nitrogens with zero attached hydrogens (tertiary/aromatic N) is 1. The summed E-state index contributed by atoms with van der Waals surface area (Å²) in [5.41, 5.74) is 3.46. The Labute approximate surface area is 153 Å². The van der Waals surface area contributed by atoms with E-state index in [0.29, 0.717) is 12.6 Å². The molecule has 1 saturated heterocycles. The van der Waals surface area contributed by atoms with Crippen molar-refractivity contribution in [3.05, 3.63) is 66.1 Å². The van der Waals surface area contributed by atoms with E-state index in [1.807, 2.05) is 18.3 Å². The van der Waals surface area contributed by atoms with Crippen molar-refractivity contribution in [1.82, 2.24) is 10.3 Å². The first-order valence-electron chi connectivity index (χ1n) is 9.05. The highest BCUT2D eigenvalue weighted by molar-refractivity contribution is 5.80. The van der Waals surface area contributed by atoms with E-state index in [9.17, 15) is 4.39 Å². The van der Waals surface area contributed by atoms with Crippen molar-refractivity contribution in [2.75, 3.05) is 31.7 Å². The lowest BCUT2D eigenvalue weighted by Gasteiger charge is -2.24. The third-order valence-electron chi connectivity index (χ3n) is 5.13. The summed E-state index contributed by atoms with van der Waals surface area (Å²) < 4.78 is 18.6. The number of aromatic nitrogens is 1. The number of halogens is 1. The molecule has 1 aliphatic heterocycles. The average molecular weight is 353 g/mol. The number of aromatic amines is 1. The Bertz CT molecular complexity index is 861. The summed E-state index contributed by atoms with van der Waals surface area (Å²) in [6.45, 7) is 2.51. The predicted molar refractivity (Wildman–Crippen MR) is 103 cm³/mol. The van der Waals surface area contributed by atoms with Gasteiger partial charge in [0.05, 0.1) is 12.6 Å². The highest BCUT2D eigenvalue weighted by atomic mass is 19.1. The molecule has 2 atom stereocenters. The van der Waals surface area contributed by atoms with Gasteiger partial charge < -0.3 is 19.9 Å². The molecule has 2 unspecified atom stereocenters. The minimum atomic E-state index is -0.192. The second-order valence-corrected chi connectivity index (χ2v) is 6.91. The molecule has 0 radical (unpaired) electrons. The van der Waals surface area contributed by atoms with Crippen LogP contribution in [0.2, 0.25) is 0 Å². The zero-order valence-corrected chi connectivity index (χ0v) is 14.9. The normalized spacial score (nSPS) is 18.5. The molecule has 0 spiro atoms. The van der Waals surface area contributed by atoms with Crippen molar-refractivity contribution in [2.24, 2.45) is 0 Å². The van der Waals surface area contributed by atoms with Crippen LogP contribution in [0.15, 0.2) is 54.7 Å². The van der Waals surface area contributed by atoms with Crippen LogP contribution in [0.4, 0.5) is 10.1 Å². The van der Waals surface area contributed by atoms with E-state index in [-0.39, 0.29) is 11.9 Å². The fraction of sp³-hybridized carbons (Fsp3) is 0.333. The summed E-state index contributed by atoms with van der Waals surface area (Å²) >= 11 is 0. The maximum Gasteiger partial charge on any atom is 0.123 e. The van der Waals surface area contributed by atoms with Crippen LogP contribution in [0.3, 0.4) is 0 Å². The molecule has 4 rings (SSSR count). The zero-order valence-electron chi connectivity index (χ0n) is 14.9. The van der Waals surface area contributed by atoms with Crippen LogP contribution in [-0.4, -0.2) is 37.8 Å². The Balaban J connectivity index is 1.45. The van der Waals surface area contributed by atoms with Crippen LogP contribution in [0.5, 0.6) is 0 Å². The maximum absolute atomic E-state index is 13.1. The third-order valence-corrected chi connectivity index (χ3v) is 5.13. The summed E-state index contributed by atoms with van der Waals surface area (Å²) in [4.78, 5) is 5.54. The van der Waals surface area contributed by atoms with Gasteiger partial charge in [0.15, 0.2) is 0 Å². The molecule has 5 heteroatoms. The molecular weight excluding hydrogens is 329 g/mol. The van der Waals surface area contributed by atoms with Gasteiger partial charge in [-0.3, -0.25) is 0 Å². The molecular formula is C21H24FN3O. The van der Waals surface area contributed by atoms with Gasteiger partial charge in [-0.15, -0.1) is 0 Å². The number of anilines is 1. The quantitative estimate of drug-likeness (QED) is 0.707. The molecule has 1 aliphatic rings. The van der Waals surface area contributed by atoms with Crippen molar-refractivity contribution in [1.29, 1.82) is 0 Å². The molecule has 2 heterocycles.